The molecule has 2 aromatic carbocycles. The van der Waals surface area contributed by atoms with Gasteiger partial charge in [0.25, 0.3) is 11.4 Å². The largest absolute Gasteiger partial charge is 0.509 e. The second kappa shape index (κ2) is 10.1. The first kappa shape index (κ1) is 24.2. The number of benzene rings is 2. The predicted octanol–water partition coefficient (Wildman–Crippen LogP) is 2.66. The molecule has 2 N–H and O–H groups in total. The van der Waals surface area contributed by atoms with Gasteiger partial charge in [-0.25, -0.2) is 14.4 Å². The third-order valence-corrected chi connectivity index (χ3v) is 5.44. The summed E-state index contributed by atoms with van der Waals surface area (Å²) in [6, 6.07) is 8.63. The van der Waals surface area contributed by atoms with E-state index in [0.29, 0.717) is 11.1 Å². The lowest BCUT2D eigenvalue weighted by molar-refractivity contribution is -0.385. The molecule has 4 atom stereocenters. The first-order valence-corrected chi connectivity index (χ1v) is 10.4. The van der Waals surface area contributed by atoms with Crippen LogP contribution >= 0.6 is 0 Å². The second-order valence-electron chi connectivity index (χ2n) is 7.72. The molecule has 4 unspecified atom stereocenters. The molecular weight excluding hydrogens is 484 g/mol. The quantitative estimate of drug-likeness (QED) is 0.233. The molecule has 15 heteroatoms. The van der Waals surface area contributed by atoms with Crippen LogP contribution in [-0.4, -0.2) is 53.5 Å². The van der Waals surface area contributed by atoms with Gasteiger partial charge in [-0.3, -0.25) is 20.2 Å². The highest BCUT2D eigenvalue weighted by molar-refractivity contribution is 5.71. The van der Waals surface area contributed by atoms with Crippen molar-refractivity contribution >= 4 is 29.7 Å². The molecule has 0 aliphatic carbocycles. The van der Waals surface area contributed by atoms with Crippen molar-refractivity contribution < 1.29 is 43.2 Å². The van der Waals surface area contributed by atoms with Crippen molar-refractivity contribution in [2.45, 2.75) is 24.3 Å². The third kappa shape index (κ3) is 5.40. The minimum absolute atomic E-state index is 0.147. The highest BCUT2D eigenvalue weighted by Crippen LogP contribution is 2.30. The minimum Gasteiger partial charge on any atom is -0.447 e. The summed E-state index contributed by atoms with van der Waals surface area (Å²) in [5.41, 5.74) is 0.250. The van der Waals surface area contributed by atoms with E-state index < -0.39 is 52.5 Å². The summed E-state index contributed by atoms with van der Waals surface area (Å²) in [6.07, 6.45) is -4.96. The van der Waals surface area contributed by atoms with Gasteiger partial charge in [0.1, 0.15) is 25.3 Å². The molecule has 2 aliphatic heterocycles. The number of rotatable bonds is 8. The topological polar surface area (TPSA) is 198 Å². The molecule has 2 amide bonds. The van der Waals surface area contributed by atoms with Crippen molar-refractivity contribution in [3.05, 3.63) is 79.9 Å². The molecule has 0 saturated carbocycles. The molecule has 36 heavy (non-hydrogen) atoms. The van der Waals surface area contributed by atoms with Crippen molar-refractivity contribution in [2.24, 2.45) is 0 Å². The SMILES string of the molecule is O=C1NC(C(OC(=O)OC(c2ccc([N+](=O)[O-])cc2)C2COC(=O)N2)c2ccc([N+](=O)[O-])cc2)CO1. The van der Waals surface area contributed by atoms with Gasteiger partial charge < -0.3 is 29.6 Å². The number of carbonyl (C=O) groups is 3. The monoisotopic (exact) mass is 502 g/mol. The third-order valence-electron chi connectivity index (χ3n) is 5.44. The average Bonchev–Trinajstić information content (AvgIpc) is 3.49. The molecule has 4 rings (SSSR count). The molecule has 188 valence electrons. The van der Waals surface area contributed by atoms with E-state index >= 15 is 0 Å². The van der Waals surface area contributed by atoms with Gasteiger partial charge in [0, 0.05) is 24.3 Å². The molecule has 15 nitrogen and oxygen atoms in total. The number of hydrogen-bond donors (Lipinski definition) is 2. The highest BCUT2D eigenvalue weighted by Gasteiger charge is 2.38. The van der Waals surface area contributed by atoms with Crippen LogP contribution in [0.4, 0.5) is 25.8 Å². The molecule has 2 saturated heterocycles. The standard InChI is InChI=1S/C21H18N4O11/c26-19-22-15(9-33-19)17(11-1-5-13(6-2-11)24(29)30)35-21(28)36-18(16-10-34-20(27)23-16)12-3-7-14(8-4-12)25(31)32/h1-8,15-18H,9-10H2,(H,22,26)(H,23,27). The summed E-state index contributed by atoms with van der Waals surface area (Å²) < 4.78 is 20.7. The Bertz CT molecular complexity index is 1090. The summed E-state index contributed by atoms with van der Waals surface area (Å²) in [5, 5.41) is 26.9. The number of nitrogens with one attached hydrogen (secondary N) is 2. The highest BCUT2D eigenvalue weighted by atomic mass is 16.7. The Hall–Kier alpha value is -4.95. The number of non-ortho nitro benzene ring substituents is 2. The van der Waals surface area contributed by atoms with Crippen molar-refractivity contribution in [1.82, 2.24) is 10.6 Å². The number of cyclic esters (lactones) is 2. The maximum Gasteiger partial charge on any atom is 0.509 e. The Morgan fingerprint density at radius 3 is 1.42 bits per heavy atom. The van der Waals surface area contributed by atoms with Crippen LogP contribution in [-0.2, 0) is 18.9 Å². The summed E-state index contributed by atoms with van der Waals surface area (Å²) in [6.45, 7) is -0.294. The normalized spacial score (nSPS) is 20.2. The van der Waals surface area contributed by atoms with E-state index in [1.165, 1.54) is 48.5 Å². The lowest BCUT2D eigenvalue weighted by atomic mass is 10.0. The first-order valence-electron chi connectivity index (χ1n) is 10.4. The smallest absolute Gasteiger partial charge is 0.447 e. The van der Waals surface area contributed by atoms with Crippen LogP contribution in [0.2, 0.25) is 0 Å². The maximum atomic E-state index is 12.9. The number of nitro groups is 2. The second-order valence-corrected chi connectivity index (χ2v) is 7.72. The Morgan fingerprint density at radius 2 is 1.14 bits per heavy atom. The van der Waals surface area contributed by atoms with Crippen molar-refractivity contribution in [2.75, 3.05) is 13.2 Å². The molecule has 0 radical (unpaired) electrons. The van der Waals surface area contributed by atoms with Crippen LogP contribution in [0.3, 0.4) is 0 Å². The first-order chi connectivity index (χ1) is 17.2. The van der Waals surface area contributed by atoms with E-state index in [1.807, 2.05) is 0 Å². The summed E-state index contributed by atoms with van der Waals surface area (Å²) >= 11 is 0. The van der Waals surface area contributed by atoms with E-state index in [9.17, 15) is 34.6 Å². The summed E-state index contributed by atoms with van der Waals surface area (Å²) in [7, 11) is 0. The van der Waals surface area contributed by atoms with Gasteiger partial charge in [0.15, 0.2) is 12.2 Å². The number of nitro benzene ring substituents is 2. The number of nitrogens with zero attached hydrogens (tertiary/aromatic N) is 2. The Labute approximate surface area is 201 Å². The predicted molar refractivity (Wildman–Crippen MR) is 116 cm³/mol. The molecule has 0 aromatic heterocycles. The fourth-order valence-electron chi connectivity index (χ4n) is 3.70. The zero-order valence-electron chi connectivity index (χ0n) is 18.2. The fourth-order valence-corrected chi connectivity index (χ4v) is 3.70. The van der Waals surface area contributed by atoms with Crippen LogP contribution < -0.4 is 10.6 Å². The number of ether oxygens (including phenoxy) is 4. The molecule has 0 bridgehead atoms. The van der Waals surface area contributed by atoms with E-state index in [1.54, 1.807) is 0 Å². The molecule has 0 spiro atoms. The van der Waals surface area contributed by atoms with Crippen molar-refractivity contribution in [3.8, 4) is 0 Å². The van der Waals surface area contributed by atoms with Crippen LogP contribution in [0.15, 0.2) is 48.5 Å². The van der Waals surface area contributed by atoms with E-state index in [2.05, 4.69) is 10.6 Å². The van der Waals surface area contributed by atoms with E-state index in [0.717, 1.165) is 0 Å². The van der Waals surface area contributed by atoms with E-state index in [-0.39, 0.29) is 24.6 Å². The van der Waals surface area contributed by atoms with Gasteiger partial charge >= 0.3 is 18.3 Å². The van der Waals surface area contributed by atoms with Gasteiger partial charge in [-0.05, 0) is 35.4 Å². The zero-order valence-corrected chi connectivity index (χ0v) is 18.2. The molecular formula is C21H18N4O11. The number of hydrogen-bond acceptors (Lipinski definition) is 11. The van der Waals surface area contributed by atoms with Gasteiger partial charge in [0.2, 0.25) is 0 Å². The maximum absolute atomic E-state index is 12.9. The van der Waals surface area contributed by atoms with Crippen molar-refractivity contribution in [3.63, 3.8) is 0 Å². The van der Waals surface area contributed by atoms with Crippen LogP contribution in [0.25, 0.3) is 0 Å². The molecule has 2 heterocycles. The molecule has 2 aliphatic rings. The Kier molecular flexibility index (Phi) is 6.80. The molecule has 2 fully saturated rings. The fraction of sp³-hybridized carbons (Fsp3) is 0.286. The average molecular weight is 502 g/mol. The Balaban J connectivity index is 1.56. The summed E-state index contributed by atoms with van der Waals surface area (Å²) in [5.74, 6) is 0. The summed E-state index contributed by atoms with van der Waals surface area (Å²) in [4.78, 5) is 56.7. The van der Waals surface area contributed by atoms with Gasteiger partial charge in [-0.15, -0.1) is 0 Å². The minimum atomic E-state index is -1.20. The van der Waals surface area contributed by atoms with Gasteiger partial charge in [0.05, 0.1) is 9.85 Å². The van der Waals surface area contributed by atoms with Crippen molar-refractivity contribution in [1.29, 1.82) is 0 Å². The number of amides is 2. The van der Waals surface area contributed by atoms with E-state index in [4.69, 9.17) is 18.9 Å². The zero-order chi connectivity index (χ0) is 25.8. The van der Waals surface area contributed by atoms with Gasteiger partial charge in [-0.2, -0.15) is 0 Å². The van der Waals surface area contributed by atoms with Gasteiger partial charge in [-0.1, -0.05) is 0 Å². The van der Waals surface area contributed by atoms with Crippen LogP contribution in [0.5, 0.6) is 0 Å². The Morgan fingerprint density at radius 1 is 0.778 bits per heavy atom. The lowest BCUT2D eigenvalue weighted by Crippen LogP contribution is -2.38. The molecule has 2 aromatic rings. The number of carbonyl (C=O) groups excluding carboxylic acids is 3. The lowest BCUT2D eigenvalue weighted by Gasteiger charge is -2.26. The number of alkyl carbamates (subject to hydrolysis) is 2. The van der Waals surface area contributed by atoms with Crippen LogP contribution in [0, 0.1) is 20.2 Å². The van der Waals surface area contributed by atoms with Crippen LogP contribution in [0.1, 0.15) is 23.3 Å².